The number of aromatic nitrogens is 1. The Morgan fingerprint density at radius 1 is 0.957 bits per heavy atom. The number of nitrogens with zero attached hydrogens (tertiary/aromatic N) is 1. The molecule has 0 fully saturated rings. The van der Waals surface area contributed by atoms with Crippen LogP contribution in [0.3, 0.4) is 0 Å². The third kappa shape index (κ3) is 2.43. The fourth-order valence-electron chi connectivity index (χ4n) is 3.80. The van der Waals surface area contributed by atoms with Gasteiger partial charge in [-0.05, 0) is 73.0 Å². The molecule has 118 valence electrons. The predicted octanol–water partition coefficient (Wildman–Crippen LogP) is 4.69. The van der Waals surface area contributed by atoms with Gasteiger partial charge in [-0.2, -0.15) is 0 Å². The lowest BCUT2D eigenvalue weighted by Crippen LogP contribution is -2.35. The van der Waals surface area contributed by atoms with Gasteiger partial charge in [0.15, 0.2) is 0 Å². The van der Waals surface area contributed by atoms with Crippen LogP contribution in [-0.2, 0) is 12.8 Å². The number of hydrogen-bond acceptors (Lipinski definition) is 2. The number of rotatable bonds is 3. The summed E-state index contributed by atoms with van der Waals surface area (Å²) in [7, 11) is 0. The second-order valence-corrected chi connectivity index (χ2v) is 7.30. The molecule has 0 saturated heterocycles. The van der Waals surface area contributed by atoms with Crippen molar-refractivity contribution < 1.29 is 0 Å². The van der Waals surface area contributed by atoms with Gasteiger partial charge in [0.05, 0.1) is 6.04 Å². The molecule has 1 aromatic heterocycles. The van der Waals surface area contributed by atoms with Crippen molar-refractivity contribution >= 4 is 22.5 Å². The van der Waals surface area contributed by atoms with Gasteiger partial charge in [-0.15, -0.1) is 11.8 Å². The summed E-state index contributed by atoms with van der Waals surface area (Å²) in [5, 5.41) is 2.90. The lowest BCUT2D eigenvalue weighted by Gasteiger charge is -2.29. The topological polar surface area (TPSA) is 17.0 Å². The Balaban J connectivity index is 1.72. The fraction of sp³-hybridized carbons (Fsp3) is 0.300. The largest absolute Gasteiger partial charge is 0.322 e. The van der Waals surface area contributed by atoms with E-state index in [2.05, 4.69) is 72.7 Å². The van der Waals surface area contributed by atoms with Gasteiger partial charge in [0, 0.05) is 16.3 Å². The molecule has 23 heavy (non-hydrogen) atoms. The van der Waals surface area contributed by atoms with Gasteiger partial charge in [-0.25, -0.2) is 0 Å². The first-order valence-corrected chi connectivity index (χ1v) is 9.39. The van der Waals surface area contributed by atoms with Crippen molar-refractivity contribution in [2.24, 2.45) is 0 Å². The highest BCUT2D eigenvalue weighted by Gasteiger charge is 2.22. The lowest BCUT2D eigenvalue weighted by atomic mass is 9.86. The number of thioether (sulfide) groups is 1. The van der Waals surface area contributed by atoms with Gasteiger partial charge < -0.3 is 5.43 Å². The first-order valence-electron chi connectivity index (χ1n) is 8.16. The second-order valence-electron chi connectivity index (χ2n) is 6.45. The van der Waals surface area contributed by atoms with Crippen LogP contribution in [0.25, 0.3) is 10.8 Å². The normalized spacial score (nSPS) is 16.7. The maximum atomic E-state index is 3.72. The Morgan fingerprint density at radius 3 is 2.35 bits per heavy atom. The van der Waals surface area contributed by atoms with E-state index >= 15 is 0 Å². The van der Waals surface area contributed by atoms with Crippen molar-refractivity contribution in [3.63, 3.8) is 0 Å². The third-order valence-electron chi connectivity index (χ3n) is 4.91. The molecule has 0 aliphatic heterocycles. The molecule has 4 rings (SSSR count). The van der Waals surface area contributed by atoms with Crippen LogP contribution in [-0.4, -0.2) is 17.0 Å². The third-order valence-corrected chi connectivity index (χ3v) is 5.70. The van der Waals surface area contributed by atoms with E-state index in [-0.39, 0.29) is 0 Å². The molecule has 0 bridgehead atoms. The summed E-state index contributed by atoms with van der Waals surface area (Å²) in [6, 6.07) is 16.1. The Bertz CT molecular complexity index is 847. The SMILES string of the molecule is CSc1ccc2c3c(cccc13)CC(Nn1c(C)ccc1C)C2. The average molecular weight is 322 g/mol. The summed E-state index contributed by atoms with van der Waals surface area (Å²) >= 11 is 1.84. The lowest BCUT2D eigenvalue weighted by molar-refractivity contribution is 0.609. The Hall–Kier alpha value is -1.87. The highest BCUT2D eigenvalue weighted by molar-refractivity contribution is 7.98. The molecular weight excluding hydrogens is 300 g/mol. The van der Waals surface area contributed by atoms with E-state index in [4.69, 9.17) is 0 Å². The molecule has 1 N–H and O–H groups in total. The minimum atomic E-state index is 0.443. The van der Waals surface area contributed by atoms with Crippen molar-refractivity contribution in [1.82, 2.24) is 4.68 Å². The highest BCUT2D eigenvalue weighted by atomic mass is 32.2. The quantitative estimate of drug-likeness (QED) is 0.705. The molecule has 2 aromatic carbocycles. The summed E-state index contributed by atoms with van der Waals surface area (Å²) in [5.41, 5.74) is 9.20. The molecule has 3 aromatic rings. The van der Waals surface area contributed by atoms with E-state index in [1.807, 2.05) is 11.8 Å². The van der Waals surface area contributed by atoms with Crippen molar-refractivity contribution in [3.8, 4) is 0 Å². The number of nitrogens with one attached hydrogen (secondary N) is 1. The minimum absolute atomic E-state index is 0.443. The van der Waals surface area contributed by atoms with Crippen LogP contribution in [0, 0.1) is 13.8 Å². The maximum Gasteiger partial charge on any atom is 0.0505 e. The molecule has 1 aliphatic carbocycles. The molecule has 2 nitrogen and oxygen atoms in total. The van der Waals surface area contributed by atoms with Crippen LogP contribution in [0.5, 0.6) is 0 Å². The van der Waals surface area contributed by atoms with E-state index in [1.54, 1.807) is 0 Å². The summed E-state index contributed by atoms with van der Waals surface area (Å²) in [4.78, 5) is 1.38. The van der Waals surface area contributed by atoms with Crippen LogP contribution < -0.4 is 5.43 Å². The van der Waals surface area contributed by atoms with Gasteiger partial charge in [-0.1, -0.05) is 24.3 Å². The zero-order valence-corrected chi connectivity index (χ0v) is 14.7. The van der Waals surface area contributed by atoms with Crippen molar-refractivity contribution in [3.05, 3.63) is 65.0 Å². The summed E-state index contributed by atoms with van der Waals surface area (Å²) in [5.74, 6) is 0. The predicted molar refractivity (Wildman–Crippen MR) is 100 cm³/mol. The molecule has 1 heterocycles. The molecule has 3 heteroatoms. The molecule has 1 unspecified atom stereocenters. The Kier molecular flexibility index (Phi) is 3.61. The highest BCUT2D eigenvalue weighted by Crippen LogP contribution is 2.35. The van der Waals surface area contributed by atoms with Crippen molar-refractivity contribution in [1.29, 1.82) is 0 Å². The van der Waals surface area contributed by atoms with Gasteiger partial charge in [-0.3, -0.25) is 4.68 Å². The monoisotopic (exact) mass is 322 g/mol. The minimum Gasteiger partial charge on any atom is -0.322 e. The first kappa shape index (κ1) is 14.7. The van der Waals surface area contributed by atoms with Crippen LogP contribution in [0.1, 0.15) is 22.5 Å². The van der Waals surface area contributed by atoms with Gasteiger partial charge >= 0.3 is 0 Å². The molecule has 1 atom stereocenters. The molecule has 0 spiro atoms. The smallest absolute Gasteiger partial charge is 0.0505 e. The van der Waals surface area contributed by atoms with Gasteiger partial charge in [0.2, 0.25) is 0 Å². The molecule has 1 aliphatic rings. The van der Waals surface area contributed by atoms with Crippen molar-refractivity contribution in [2.75, 3.05) is 11.7 Å². The van der Waals surface area contributed by atoms with Crippen LogP contribution in [0.15, 0.2) is 47.4 Å². The number of aryl methyl sites for hydroxylation is 2. The molecule has 0 amide bonds. The summed E-state index contributed by atoms with van der Waals surface area (Å²) in [6.45, 7) is 4.31. The van der Waals surface area contributed by atoms with E-state index in [9.17, 15) is 0 Å². The van der Waals surface area contributed by atoms with Crippen LogP contribution >= 0.6 is 11.8 Å². The molecule has 0 saturated carbocycles. The van der Waals surface area contributed by atoms with E-state index in [0.717, 1.165) is 12.8 Å². The van der Waals surface area contributed by atoms with Crippen molar-refractivity contribution in [2.45, 2.75) is 37.6 Å². The maximum absolute atomic E-state index is 3.72. The zero-order chi connectivity index (χ0) is 16.0. The van der Waals surface area contributed by atoms with E-state index in [1.165, 1.54) is 38.2 Å². The van der Waals surface area contributed by atoms with Gasteiger partial charge in [0.25, 0.3) is 0 Å². The van der Waals surface area contributed by atoms with E-state index in [0.29, 0.717) is 6.04 Å². The number of benzene rings is 2. The van der Waals surface area contributed by atoms with Crippen LogP contribution in [0.4, 0.5) is 0 Å². The van der Waals surface area contributed by atoms with E-state index < -0.39 is 0 Å². The van der Waals surface area contributed by atoms with Crippen LogP contribution in [0.2, 0.25) is 0 Å². The first-order chi connectivity index (χ1) is 11.2. The Labute approximate surface area is 141 Å². The molecular formula is C20H22N2S. The summed E-state index contributed by atoms with van der Waals surface area (Å²) in [6.07, 6.45) is 4.33. The molecule has 0 radical (unpaired) electrons. The average Bonchev–Trinajstić information content (AvgIpc) is 2.87. The van der Waals surface area contributed by atoms with Gasteiger partial charge in [0.1, 0.15) is 0 Å². The summed E-state index contributed by atoms with van der Waals surface area (Å²) < 4.78 is 2.23. The standard InChI is InChI=1S/C20H22N2S/c1-13-7-8-14(2)22(13)21-17-11-15-5-4-6-18-19(23-3)10-9-16(12-17)20(15)18/h4-10,17,21H,11-12H2,1-3H3. The Morgan fingerprint density at radius 2 is 1.65 bits per heavy atom. The number of hydrogen-bond donors (Lipinski definition) is 1. The fourth-order valence-corrected chi connectivity index (χ4v) is 4.40. The second kappa shape index (κ2) is 5.64. The zero-order valence-electron chi connectivity index (χ0n) is 13.9.